The van der Waals surface area contributed by atoms with Gasteiger partial charge >= 0.3 is 0 Å². The van der Waals surface area contributed by atoms with Gasteiger partial charge in [0, 0.05) is 31.1 Å². The van der Waals surface area contributed by atoms with Crippen molar-refractivity contribution in [2.75, 3.05) is 26.2 Å². The lowest BCUT2D eigenvalue weighted by atomic mass is 10.2. The van der Waals surface area contributed by atoms with E-state index in [4.69, 9.17) is 0 Å². The maximum absolute atomic E-state index is 12.4. The third-order valence-electron chi connectivity index (χ3n) is 3.10. The molecule has 0 spiro atoms. The van der Waals surface area contributed by atoms with Crippen LogP contribution in [0.1, 0.15) is 13.3 Å². The first-order chi connectivity index (χ1) is 8.81. The zero-order chi connectivity index (χ0) is 12.8. The summed E-state index contributed by atoms with van der Waals surface area (Å²) in [4.78, 5) is 15.6. The molecule has 1 fully saturated rings. The Morgan fingerprint density at radius 3 is 2.61 bits per heavy atom. The van der Waals surface area contributed by atoms with Crippen LogP contribution in [0.5, 0.6) is 0 Å². The van der Waals surface area contributed by atoms with Crippen LogP contribution in [0, 0.1) is 0 Å². The van der Waals surface area contributed by atoms with Gasteiger partial charge in [0.1, 0.15) is 0 Å². The van der Waals surface area contributed by atoms with Crippen molar-refractivity contribution in [2.45, 2.75) is 23.5 Å². The van der Waals surface area contributed by atoms with Crippen LogP contribution in [-0.2, 0) is 4.79 Å². The lowest BCUT2D eigenvalue weighted by molar-refractivity contribution is -0.131. The van der Waals surface area contributed by atoms with E-state index in [1.807, 2.05) is 23.1 Å². The minimum absolute atomic E-state index is 0.0468. The highest BCUT2D eigenvalue weighted by atomic mass is 32.2. The average Bonchev–Trinajstić information content (AvgIpc) is 2.46. The highest BCUT2D eigenvalue weighted by molar-refractivity contribution is 8.00. The van der Waals surface area contributed by atoms with Gasteiger partial charge in [-0.2, -0.15) is 0 Å². The van der Waals surface area contributed by atoms with Crippen molar-refractivity contribution in [3.63, 3.8) is 0 Å². The number of thioether (sulfide) groups is 1. The lowest BCUT2D eigenvalue weighted by Gasteiger charge is -2.30. The van der Waals surface area contributed by atoms with E-state index in [0.717, 1.165) is 32.6 Å². The molecule has 0 radical (unpaired) electrons. The number of carbonyl (C=O) groups excluding carboxylic acids is 1. The van der Waals surface area contributed by atoms with Crippen molar-refractivity contribution in [1.82, 2.24) is 10.2 Å². The summed E-state index contributed by atoms with van der Waals surface area (Å²) in [5.74, 6) is 0.285. The van der Waals surface area contributed by atoms with E-state index in [9.17, 15) is 4.79 Å². The molecule has 1 N–H and O–H groups in total. The summed E-state index contributed by atoms with van der Waals surface area (Å²) >= 11 is 1.68. The lowest BCUT2D eigenvalue weighted by Crippen LogP contribution is -2.49. The van der Waals surface area contributed by atoms with E-state index in [2.05, 4.69) is 24.4 Å². The number of amides is 1. The first-order valence-corrected chi connectivity index (χ1v) is 7.40. The number of carbonyl (C=O) groups is 1. The Morgan fingerprint density at radius 1 is 1.33 bits per heavy atom. The number of rotatable bonds is 4. The number of piperazine rings is 1. The largest absolute Gasteiger partial charge is 0.339 e. The Balaban J connectivity index is 1.97. The Labute approximate surface area is 113 Å². The molecule has 1 amide bonds. The summed E-state index contributed by atoms with van der Waals surface area (Å²) in [6.07, 6.45) is 0.877. The van der Waals surface area contributed by atoms with Gasteiger partial charge in [-0.3, -0.25) is 4.79 Å². The SMILES string of the molecule is CCC(Sc1ccccc1)C(=O)N1CCNCC1. The maximum Gasteiger partial charge on any atom is 0.236 e. The van der Waals surface area contributed by atoms with E-state index in [1.165, 1.54) is 4.90 Å². The Kier molecular flexibility index (Phi) is 5.08. The number of nitrogens with one attached hydrogen (secondary N) is 1. The monoisotopic (exact) mass is 264 g/mol. The van der Waals surface area contributed by atoms with E-state index in [1.54, 1.807) is 11.8 Å². The van der Waals surface area contributed by atoms with Crippen molar-refractivity contribution in [1.29, 1.82) is 0 Å². The van der Waals surface area contributed by atoms with E-state index in [0.29, 0.717) is 0 Å². The van der Waals surface area contributed by atoms with Crippen LogP contribution in [0.25, 0.3) is 0 Å². The molecule has 0 bridgehead atoms. The summed E-state index contributed by atoms with van der Waals surface area (Å²) < 4.78 is 0. The predicted molar refractivity (Wildman–Crippen MR) is 75.8 cm³/mol. The maximum atomic E-state index is 12.4. The first-order valence-electron chi connectivity index (χ1n) is 6.52. The number of benzene rings is 1. The molecule has 1 aromatic rings. The summed E-state index contributed by atoms with van der Waals surface area (Å²) in [6.45, 7) is 5.59. The Morgan fingerprint density at radius 2 is 2.00 bits per heavy atom. The molecule has 0 saturated carbocycles. The fourth-order valence-electron chi connectivity index (χ4n) is 2.06. The molecule has 1 saturated heterocycles. The minimum atomic E-state index is 0.0468. The second-order valence-corrected chi connectivity index (χ2v) is 5.68. The van der Waals surface area contributed by atoms with Crippen LogP contribution in [0.15, 0.2) is 35.2 Å². The molecule has 1 heterocycles. The van der Waals surface area contributed by atoms with Gasteiger partial charge in [-0.15, -0.1) is 11.8 Å². The van der Waals surface area contributed by atoms with Crippen molar-refractivity contribution < 1.29 is 4.79 Å². The van der Waals surface area contributed by atoms with Crippen LogP contribution < -0.4 is 5.32 Å². The van der Waals surface area contributed by atoms with Gasteiger partial charge in [-0.05, 0) is 18.6 Å². The minimum Gasteiger partial charge on any atom is -0.339 e. The fraction of sp³-hybridized carbons (Fsp3) is 0.500. The predicted octanol–water partition coefficient (Wildman–Crippen LogP) is 1.99. The zero-order valence-corrected chi connectivity index (χ0v) is 11.6. The van der Waals surface area contributed by atoms with Gasteiger partial charge in [0.05, 0.1) is 5.25 Å². The molecule has 1 atom stereocenters. The molecule has 98 valence electrons. The number of nitrogens with zero attached hydrogens (tertiary/aromatic N) is 1. The molecule has 1 aromatic carbocycles. The highest BCUT2D eigenvalue weighted by Crippen LogP contribution is 2.26. The molecule has 1 unspecified atom stereocenters. The average molecular weight is 264 g/mol. The third-order valence-corrected chi connectivity index (χ3v) is 4.46. The third kappa shape index (κ3) is 3.50. The fourth-order valence-corrected chi connectivity index (χ4v) is 3.12. The standard InChI is InChI=1S/C14H20N2OS/c1-2-13(18-12-6-4-3-5-7-12)14(17)16-10-8-15-9-11-16/h3-7,13,15H,2,8-11H2,1H3. The molecular weight excluding hydrogens is 244 g/mol. The second kappa shape index (κ2) is 6.81. The summed E-state index contributed by atoms with van der Waals surface area (Å²) in [5.41, 5.74) is 0. The van der Waals surface area contributed by atoms with Crippen molar-refractivity contribution in [3.8, 4) is 0 Å². The van der Waals surface area contributed by atoms with E-state index in [-0.39, 0.29) is 11.2 Å². The zero-order valence-electron chi connectivity index (χ0n) is 10.8. The topological polar surface area (TPSA) is 32.3 Å². The van der Waals surface area contributed by atoms with Gasteiger partial charge in [-0.1, -0.05) is 25.1 Å². The Hall–Kier alpha value is -1.00. The first kappa shape index (κ1) is 13.4. The molecule has 3 nitrogen and oxygen atoms in total. The Bertz CT molecular complexity index is 377. The smallest absolute Gasteiger partial charge is 0.236 e. The molecule has 0 aromatic heterocycles. The van der Waals surface area contributed by atoms with Crippen LogP contribution in [0.3, 0.4) is 0 Å². The molecule has 0 aliphatic carbocycles. The molecule has 1 aliphatic rings. The molecular formula is C14H20N2OS. The van der Waals surface area contributed by atoms with Gasteiger partial charge in [-0.25, -0.2) is 0 Å². The van der Waals surface area contributed by atoms with Gasteiger partial charge in [0.2, 0.25) is 5.91 Å². The van der Waals surface area contributed by atoms with Crippen molar-refractivity contribution >= 4 is 17.7 Å². The second-order valence-electron chi connectivity index (χ2n) is 4.40. The molecule has 2 rings (SSSR count). The van der Waals surface area contributed by atoms with E-state index >= 15 is 0 Å². The summed E-state index contributed by atoms with van der Waals surface area (Å²) in [5, 5.41) is 3.32. The molecule has 18 heavy (non-hydrogen) atoms. The quantitative estimate of drug-likeness (QED) is 0.844. The van der Waals surface area contributed by atoms with Crippen molar-refractivity contribution in [2.24, 2.45) is 0 Å². The summed E-state index contributed by atoms with van der Waals surface area (Å²) in [6, 6.07) is 10.2. The van der Waals surface area contributed by atoms with Crippen molar-refractivity contribution in [3.05, 3.63) is 30.3 Å². The van der Waals surface area contributed by atoms with Gasteiger partial charge in [0.25, 0.3) is 0 Å². The highest BCUT2D eigenvalue weighted by Gasteiger charge is 2.24. The van der Waals surface area contributed by atoms with Gasteiger partial charge in [0.15, 0.2) is 0 Å². The molecule has 1 aliphatic heterocycles. The van der Waals surface area contributed by atoms with Gasteiger partial charge < -0.3 is 10.2 Å². The summed E-state index contributed by atoms with van der Waals surface area (Å²) in [7, 11) is 0. The van der Waals surface area contributed by atoms with Crippen LogP contribution in [0.4, 0.5) is 0 Å². The van der Waals surface area contributed by atoms with E-state index < -0.39 is 0 Å². The number of hydrogen-bond acceptors (Lipinski definition) is 3. The normalized spacial score (nSPS) is 17.5. The van der Waals surface area contributed by atoms with Crippen LogP contribution in [-0.4, -0.2) is 42.2 Å². The van der Waals surface area contributed by atoms with Crippen LogP contribution >= 0.6 is 11.8 Å². The number of hydrogen-bond donors (Lipinski definition) is 1. The van der Waals surface area contributed by atoms with Crippen LogP contribution in [0.2, 0.25) is 0 Å². The molecule has 4 heteroatoms.